The second-order valence-corrected chi connectivity index (χ2v) is 20.9. The summed E-state index contributed by atoms with van der Waals surface area (Å²) in [6.45, 7) is 0. The van der Waals surface area contributed by atoms with Crippen molar-refractivity contribution in [1.29, 1.82) is 0 Å². The summed E-state index contributed by atoms with van der Waals surface area (Å²) < 4.78 is 0. The second-order valence-electron chi connectivity index (χ2n) is 20.9. The summed E-state index contributed by atoms with van der Waals surface area (Å²) in [6.07, 6.45) is 0. The van der Waals surface area contributed by atoms with Gasteiger partial charge in [-0.3, -0.25) is 0 Å². The molecule has 16 rings (SSSR count). The molecule has 356 valence electrons. The molecule has 0 amide bonds. The van der Waals surface area contributed by atoms with E-state index >= 15 is 0 Å². The van der Waals surface area contributed by atoms with Crippen LogP contribution in [-0.2, 0) is 5.41 Å². The van der Waals surface area contributed by atoms with Gasteiger partial charge < -0.3 is 0 Å². The van der Waals surface area contributed by atoms with Crippen molar-refractivity contribution in [3.63, 3.8) is 0 Å². The number of hydrogen-bond donors (Lipinski definition) is 0. The minimum atomic E-state index is -0.500. The molecular formula is C77H48. The summed E-state index contributed by atoms with van der Waals surface area (Å²) >= 11 is 0. The Bertz CT molecular complexity index is 4280. The number of rotatable bonds is 6. The molecular weight excluding hydrogens is 925 g/mol. The van der Waals surface area contributed by atoms with Crippen LogP contribution in [0.15, 0.2) is 291 Å². The maximum absolute atomic E-state index is 2.51. The van der Waals surface area contributed by atoms with Crippen LogP contribution in [0.2, 0.25) is 0 Å². The van der Waals surface area contributed by atoms with E-state index in [0.29, 0.717) is 0 Å². The first kappa shape index (κ1) is 43.5. The predicted molar refractivity (Wildman–Crippen MR) is 325 cm³/mol. The lowest BCUT2D eigenvalue weighted by molar-refractivity contribution is 0.794. The Hall–Kier alpha value is -9.88. The molecule has 0 radical (unpaired) electrons. The first-order valence-electron chi connectivity index (χ1n) is 26.9. The van der Waals surface area contributed by atoms with Crippen molar-refractivity contribution >= 4 is 43.1 Å². The van der Waals surface area contributed by atoms with E-state index in [4.69, 9.17) is 0 Å². The zero-order valence-corrected chi connectivity index (χ0v) is 42.2. The lowest BCUT2D eigenvalue weighted by Crippen LogP contribution is -2.26. The molecule has 77 heavy (non-hydrogen) atoms. The number of fused-ring (bicyclic) bond motifs is 14. The Balaban J connectivity index is 0.824. The molecule has 2 aliphatic carbocycles. The van der Waals surface area contributed by atoms with Crippen LogP contribution in [-0.4, -0.2) is 0 Å². The van der Waals surface area contributed by atoms with Crippen LogP contribution < -0.4 is 0 Å². The molecule has 0 saturated heterocycles. The first-order valence-corrected chi connectivity index (χ1v) is 26.9. The van der Waals surface area contributed by atoms with Crippen LogP contribution in [0.5, 0.6) is 0 Å². The fourth-order valence-electron chi connectivity index (χ4n) is 13.9. The lowest BCUT2D eigenvalue weighted by atomic mass is 9.70. The highest BCUT2D eigenvalue weighted by Crippen LogP contribution is 2.63. The van der Waals surface area contributed by atoms with Gasteiger partial charge in [0.2, 0.25) is 0 Å². The van der Waals surface area contributed by atoms with E-state index in [0.717, 1.165) is 0 Å². The summed E-state index contributed by atoms with van der Waals surface area (Å²) in [5.41, 5.74) is 24.9. The Morgan fingerprint density at radius 1 is 0.156 bits per heavy atom. The topological polar surface area (TPSA) is 0 Å². The van der Waals surface area contributed by atoms with E-state index in [1.807, 2.05) is 0 Å². The number of hydrogen-bond acceptors (Lipinski definition) is 0. The molecule has 0 aromatic heterocycles. The molecule has 0 heterocycles. The summed E-state index contributed by atoms with van der Waals surface area (Å²) in [5.74, 6) is 0. The standard InChI is InChI=1S/C77H48/c1-3-19-51(20-4-1)73-61-25-7-11-29-65(61)75(66-30-12-8-26-62(66)73)53-39-35-49(36-40-53)55-43-45-59-60-46-44-56(48-72(60)77(71(59)47-55)69-33-17-15-23-57(69)58-24-16-18-34-70(58)77)50-37-41-54(42-38-50)76-67-31-13-9-27-63(67)74(52-21-5-2-6-22-52)64-28-10-14-32-68(64)76/h1-48H. The Morgan fingerprint density at radius 3 is 0.714 bits per heavy atom. The van der Waals surface area contributed by atoms with Gasteiger partial charge in [0, 0.05) is 0 Å². The Labute approximate surface area is 448 Å². The highest BCUT2D eigenvalue weighted by molar-refractivity contribution is 6.23. The number of benzene rings is 14. The minimum absolute atomic E-state index is 0.500. The molecule has 0 aliphatic heterocycles. The highest BCUT2D eigenvalue weighted by atomic mass is 14.5. The van der Waals surface area contributed by atoms with Gasteiger partial charge in [0.05, 0.1) is 5.41 Å². The maximum Gasteiger partial charge on any atom is 0.0725 e. The average Bonchev–Trinajstić information content (AvgIpc) is 4.04. The molecule has 14 aromatic carbocycles. The van der Waals surface area contributed by atoms with E-state index in [-0.39, 0.29) is 0 Å². The monoisotopic (exact) mass is 972 g/mol. The smallest absolute Gasteiger partial charge is 0.0622 e. The molecule has 1 spiro atoms. The summed E-state index contributed by atoms with van der Waals surface area (Å²) in [6, 6.07) is 109. The molecule has 0 unspecified atom stereocenters. The van der Waals surface area contributed by atoms with Crippen molar-refractivity contribution in [3.05, 3.63) is 313 Å². The quantitative estimate of drug-likeness (QED) is 0.146. The van der Waals surface area contributed by atoms with Crippen LogP contribution in [0.3, 0.4) is 0 Å². The Kier molecular flexibility index (Phi) is 9.65. The minimum Gasteiger partial charge on any atom is -0.0622 e. The van der Waals surface area contributed by atoms with E-state index < -0.39 is 5.41 Å². The zero-order chi connectivity index (χ0) is 50.6. The van der Waals surface area contributed by atoms with Crippen LogP contribution >= 0.6 is 0 Å². The van der Waals surface area contributed by atoms with Crippen molar-refractivity contribution in [2.45, 2.75) is 5.41 Å². The fourth-order valence-corrected chi connectivity index (χ4v) is 13.9. The fraction of sp³-hybridized carbons (Fsp3) is 0.0130. The molecule has 0 heteroatoms. The van der Waals surface area contributed by atoms with Crippen molar-refractivity contribution in [1.82, 2.24) is 0 Å². The SMILES string of the molecule is c1ccc(-c2c3ccccc3c(-c3ccc(-c4ccc5c(c4)C4(c6ccccc6-c6ccccc64)c4cc(-c6ccc(-c7c8ccccc8c(-c8ccccc8)c8ccccc78)cc6)ccc4-5)cc3)c3ccccc23)cc1. The largest absolute Gasteiger partial charge is 0.0725 e. The van der Waals surface area contributed by atoms with Gasteiger partial charge in [-0.25, -0.2) is 0 Å². The molecule has 0 bridgehead atoms. The van der Waals surface area contributed by atoms with Crippen LogP contribution in [0.25, 0.3) is 132 Å². The van der Waals surface area contributed by atoms with E-state index in [9.17, 15) is 0 Å². The lowest BCUT2D eigenvalue weighted by Gasteiger charge is -2.31. The maximum atomic E-state index is 2.51. The predicted octanol–water partition coefficient (Wildman–Crippen LogP) is 20.6. The van der Waals surface area contributed by atoms with Gasteiger partial charge in [-0.2, -0.15) is 0 Å². The molecule has 0 nitrogen and oxygen atoms in total. The van der Waals surface area contributed by atoms with Gasteiger partial charge in [0.25, 0.3) is 0 Å². The molecule has 2 aliphatic rings. The van der Waals surface area contributed by atoms with Gasteiger partial charge in [-0.15, -0.1) is 0 Å². The van der Waals surface area contributed by atoms with Crippen molar-refractivity contribution in [3.8, 4) is 89.0 Å². The van der Waals surface area contributed by atoms with Crippen molar-refractivity contribution < 1.29 is 0 Å². The second kappa shape index (κ2) is 17.1. The Morgan fingerprint density at radius 2 is 0.390 bits per heavy atom. The van der Waals surface area contributed by atoms with E-state index in [2.05, 4.69) is 291 Å². The van der Waals surface area contributed by atoms with Gasteiger partial charge in [0.15, 0.2) is 0 Å². The third kappa shape index (κ3) is 6.40. The molecule has 0 atom stereocenters. The van der Waals surface area contributed by atoms with Crippen LogP contribution in [0, 0.1) is 0 Å². The molecule has 0 fully saturated rings. The van der Waals surface area contributed by atoms with E-state index in [1.54, 1.807) is 0 Å². The van der Waals surface area contributed by atoms with E-state index in [1.165, 1.54) is 154 Å². The highest BCUT2D eigenvalue weighted by Gasteiger charge is 2.51. The van der Waals surface area contributed by atoms with Gasteiger partial charge >= 0.3 is 0 Å². The summed E-state index contributed by atoms with van der Waals surface area (Å²) in [5, 5.41) is 10.1. The summed E-state index contributed by atoms with van der Waals surface area (Å²) in [4.78, 5) is 0. The van der Waals surface area contributed by atoms with Crippen molar-refractivity contribution in [2.75, 3.05) is 0 Å². The van der Waals surface area contributed by atoms with Crippen LogP contribution in [0.4, 0.5) is 0 Å². The van der Waals surface area contributed by atoms with Gasteiger partial charge in [-0.1, -0.05) is 279 Å². The molecule has 14 aromatic rings. The zero-order valence-electron chi connectivity index (χ0n) is 42.2. The van der Waals surface area contributed by atoms with Gasteiger partial charge in [0.1, 0.15) is 0 Å². The average molecular weight is 973 g/mol. The normalized spacial score (nSPS) is 12.8. The molecule has 0 saturated carbocycles. The molecule has 0 N–H and O–H groups in total. The van der Waals surface area contributed by atoms with Gasteiger partial charge in [-0.05, 0) is 166 Å². The third-order valence-corrected chi connectivity index (χ3v) is 17.1. The third-order valence-electron chi connectivity index (χ3n) is 17.1. The summed E-state index contributed by atoms with van der Waals surface area (Å²) in [7, 11) is 0. The van der Waals surface area contributed by atoms with Crippen molar-refractivity contribution in [2.24, 2.45) is 0 Å². The first-order chi connectivity index (χ1) is 38.2. The van der Waals surface area contributed by atoms with Crippen LogP contribution in [0.1, 0.15) is 22.3 Å².